The van der Waals surface area contributed by atoms with Crippen LogP contribution in [0.4, 0.5) is 20.4 Å². The Morgan fingerprint density at radius 2 is 2.00 bits per heavy atom. The number of nitro benzene ring substituents is 1. The number of aromatic amines is 1. The Labute approximate surface area is 92.4 Å². The lowest BCUT2D eigenvalue weighted by molar-refractivity contribution is -0.384. The van der Waals surface area contributed by atoms with Gasteiger partial charge in [-0.25, -0.2) is 8.78 Å². The van der Waals surface area contributed by atoms with Gasteiger partial charge in [0.2, 0.25) is 5.95 Å². The molecule has 0 aliphatic rings. The Hall–Kier alpha value is -2.58. The summed E-state index contributed by atoms with van der Waals surface area (Å²) in [6, 6.07) is 1.14. The van der Waals surface area contributed by atoms with Crippen LogP contribution < -0.4 is 5.73 Å². The van der Waals surface area contributed by atoms with E-state index >= 15 is 0 Å². The molecule has 0 amide bonds. The van der Waals surface area contributed by atoms with E-state index in [-0.39, 0.29) is 17.3 Å². The first kappa shape index (κ1) is 10.9. The average Bonchev–Trinajstić information content (AvgIpc) is 2.68. The Bertz CT molecular complexity index is 598. The number of hydrogen-bond acceptors (Lipinski definition) is 5. The van der Waals surface area contributed by atoms with Gasteiger partial charge < -0.3 is 5.73 Å². The minimum absolute atomic E-state index is 0.104. The summed E-state index contributed by atoms with van der Waals surface area (Å²) in [7, 11) is 0. The predicted molar refractivity (Wildman–Crippen MR) is 52.8 cm³/mol. The van der Waals surface area contributed by atoms with E-state index in [1.807, 2.05) is 0 Å². The highest BCUT2D eigenvalue weighted by Crippen LogP contribution is 2.29. The lowest BCUT2D eigenvalue weighted by Crippen LogP contribution is -1.97. The van der Waals surface area contributed by atoms with E-state index in [9.17, 15) is 18.9 Å². The van der Waals surface area contributed by atoms with Crippen molar-refractivity contribution in [2.45, 2.75) is 0 Å². The smallest absolute Gasteiger partial charge is 0.283 e. The van der Waals surface area contributed by atoms with Gasteiger partial charge in [-0.05, 0) is 6.07 Å². The fraction of sp³-hybridized carbons (Fsp3) is 0. The second-order valence-electron chi connectivity index (χ2n) is 3.08. The molecular weight excluding hydrogens is 236 g/mol. The highest BCUT2D eigenvalue weighted by Gasteiger charge is 2.22. The van der Waals surface area contributed by atoms with Crippen LogP contribution in [0.1, 0.15) is 0 Å². The van der Waals surface area contributed by atoms with Crippen molar-refractivity contribution < 1.29 is 13.7 Å². The summed E-state index contributed by atoms with van der Waals surface area (Å²) in [6.45, 7) is 0. The van der Waals surface area contributed by atoms with Crippen LogP contribution in [0.5, 0.6) is 0 Å². The van der Waals surface area contributed by atoms with Crippen LogP contribution >= 0.6 is 0 Å². The Morgan fingerprint density at radius 1 is 1.35 bits per heavy atom. The summed E-state index contributed by atoms with van der Waals surface area (Å²) in [5, 5.41) is 16.4. The van der Waals surface area contributed by atoms with Gasteiger partial charge in [-0.2, -0.15) is 4.98 Å². The Kier molecular flexibility index (Phi) is 2.42. The maximum atomic E-state index is 13.0. The summed E-state index contributed by atoms with van der Waals surface area (Å²) < 4.78 is 25.9. The number of nitrogens with zero attached hydrogens (tertiary/aromatic N) is 3. The molecular formula is C8H5F2N5O2. The number of nitrogens with one attached hydrogen (secondary N) is 1. The van der Waals surface area contributed by atoms with Gasteiger partial charge >= 0.3 is 0 Å². The highest BCUT2D eigenvalue weighted by atomic mass is 19.2. The molecule has 0 fully saturated rings. The van der Waals surface area contributed by atoms with Gasteiger partial charge in [-0.15, -0.1) is 5.10 Å². The molecule has 88 valence electrons. The first-order chi connectivity index (χ1) is 7.99. The van der Waals surface area contributed by atoms with E-state index in [4.69, 9.17) is 5.73 Å². The van der Waals surface area contributed by atoms with E-state index in [0.717, 1.165) is 0 Å². The molecule has 3 N–H and O–H groups in total. The standard InChI is InChI=1S/C8H5F2N5O2/c9-4-1-3(7-12-8(11)14-13-7)6(15(16)17)2-5(4)10/h1-2H,(H3,11,12,13,14). The lowest BCUT2D eigenvalue weighted by atomic mass is 10.1. The Balaban J connectivity index is 2.67. The molecule has 7 nitrogen and oxygen atoms in total. The summed E-state index contributed by atoms with van der Waals surface area (Å²) in [6.07, 6.45) is 0. The van der Waals surface area contributed by atoms with E-state index in [2.05, 4.69) is 15.2 Å². The molecule has 0 bridgehead atoms. The first-order valence-corrected chi connectivity index (χ1v) is 4.30. The topological polar surface area (TPSA) is 111 Å². The van der Waals surface area contributed by atoms with Crippen LogP contribution in [-0.2, 0) is 0 Å². The summed E-state index contributed by atoms with van der Waals surface area (Å²) in [5.74, 6) is -2.79. The molecule has 0 saturated carbocycles. The van der Waals surface area contributed by atoms with Crippen molar-refractivity contribution in [2.24, 2.45) is 0 Å². The molecule has 1 aromatic carbocycles. The zero-order valence-electron chi connectivity index (χ0n) is 8.15. The quantitative estimate of drug-likeness (QED) is 0.606. The van der Waals surface area contributed by atoms with Crippen molar-refractivity contribution in [2.75, 3.05) is 5.73 Å². The monoisotopic (exact) mass is 241 g/mol. The average molecular weight is 241 g/mol. The number of nitrogen functional groups attached to an aromatic ring is 1. The van der Waals surface area contributed by atoms with Crippen molar-refractivity contribution in [1.29, 1.82) is 0 Å². The first-order valence-electron chi connectivity index (χ1n) is 4.30. The van der Waals surface area contributed by atoms with Crippen molar-refractivity contribution >= 4 is 11.6 Å². The number of H-pyrrole nitrogens is 1. The number of benzene rings is 1. The van der Waals surface area contributed by atoms with Crippen molar-refractivity contribution in [1.82, 2.24) is 15.2 Å². The second-order valence-corrected chi connectivity index (χ2v) is 3.08. The van der Waals surface area contributed by atoms with Gasteiger partial charge in [0.25, 0.3) is 5.69 Å². The molecule has 0 radical (unpaired) electrons. The zero-order chi connectivity index (χ0) is 12.6. The predicted octanol–water partition coefficient (Wildman–Crippen LogP) is 1.24. The third kappa shape index (κ3) is 1.89. The molecule has 0 saturated heterocycles. The van der Waals surface area contributed by atoms with Gasteiger partial charge in [0.05, 0.1) is 16.6 Å². The number of anilines is 1. The molecule has 0 spiro atoms. The van der Waals surface area contributed by atoms with Crippen molar-refractivity contribution in [3.05, 3.63) is 33.9 Å². The third-order valence-electron chi connectivity index (χ3n) is 1.99. The van der Waals surface area contributed by atoms with Gasteiger partial charge in [0.1, 0.15) is 0 Å². The lowest BCUT2D eigenvalue weighted by Gasteiger charge is -2.00. The molecule has 17 heavy (non-hydrogen) atoms. The maximum Gasteiger partial charge on any atom is 0.283 e. The molecule has 2 rings (SSSR count). The molecule has 0 aliphatic heterocycles. The summed E-state index contributed by atoms with van der Waals surface area (Å²) in [5.41, 5.74) is 4.37. The van der Waals surface area contributed by atoms with E-state index in [0.29, 0.717) is 12.1 Å². The molecule has 0 unspecified atom stereocenters. The number of rotatable bonds is 2. The van der Waals surface area contributed by atoms with Gasteiger partial charge in [0.15, 0.2) is 17.5 Å². The normalized spacial score (nSPS) is 10.5. The van der Waals surface area contributed by atoms with E-state index in [1.165, 1.54) is 0 Å². The number of nitro groups is 1. The SMILES string of the molecule is Nc1n[nH]c(-c2cc(F)c(F)cc2[N+](=O)[O-])n1. The Morgan fingerprint density at radius 3 is 2.53 bits per heavy atom. The molecule has 0 aliphatic carbocycles. The van der Waals surface area contributed by atoms with Crippen LogP contribution in [0.25, 0.3) is 11.4 Å². The fourth-order valence-corrected chi connectivity index (χ4v) is 1.27. The van der Waals surface area contributed by atoms with Crippen LogP contribution in [0.15, 0.2) is 12.1 Å². The van der Waals surface area contributed by atoms with Crippen LogP contribution in [0, 0.1) is 21.7 Å². The molecule has 9 heteroatoms. The second kappa shape index (κ2) is 3.77. The highest BCUT2D eigenvalue weighted by molar-refractivity contribution is 5.68. The number of nitrogens with two attached hydrogens (primary N) is 1. The number of halogens is 2. The van der Waals surface area contributed by atoms with Gasteiger partial charge in [-0.1, -0.05) is 0 Å². The zero-order valence-corrected chi connectivity index (χ0v) is 8.15. The van der Waals surface area contributed by atoms with Crippen LogP contribution in [0.3, 0.4) is 0 Å². The van der Waals surface area contributed by atoms with E-state index in [1.54, 1.807) is 0 Å². The molecule has 2 aromatic rings. The van der Waals surface area contributed by atoms with Crippen molar-refractivity contribution in [3.8, 4) is 11.4 Å². The summed E-state index contributed by atoms with van der Waals surface area (Å²) in [4.78, 5) is 13.5. The third-order valence-corrected chi connectivity index (χ3v) is 1.99. The van der Waals surface area contributed by atoms with Gasteiger partial charge in [-0.3, -0.25) is 15.2 Å². The van der Waals surface area contributed by atoms with Crippen molar-refractivity contribution in [3.63, 3.8) is 0 Å². The fourth-order valence-electron chi connectivity index (χ4n) is 1.27. The largest absolute Gasteiger partial charge is 0.366 e. The van der Waals surface area contributed by atoms with Gasteiger partial charge in [0, 0.05) is 0 Å². The number of hydrogen-bond donors (Lipinski definition) is 2. The van der Waals surface area contributed by atoms with Crippen LogP contribution in [-0.4, -0.2) is 20.1 Å². The molecule has 1 aromatic heterocycles. The minimum atomic E-state index is -1.31. The number of aromatic nitrogens is 3. The molecule has 0 atom stereocenters. The van der Waals surface area contributed by atoms with E-state index < -0.39 is 22.2 Å². The molecule has 1 heterocycles. The van der Waals surface area contributed by atoms with Crippen LogP contribution in [0.2, 0.25) is 0 Å². The summed E-state index contributed by atoms with van der Waals surface area (Å²) >= 11 is 0. The minimum Gasteiger partial charge on any atom is -0.366 e. The maximum absolute atomic E-state index is 13.0.